The molecular formula is C15H16F2N2O. The van der Waals surface area contributed by atoms with Gasteiger partial charge in [0.15, 0.2) is 17.4 Å². The average molecular weight is 278 g/mol. The van der Waals surface area contributed by atoms with Crippen molar-refractivity contribution >= 4 is 5.69 Å². The van der Waals surface area contributed by atoms with Gasteiger partial charge in [0, 0.05) is 12.2 Å². The van der Waals surface area contributed by atoms with E-state index in [1.807, 2.05) is 30.3 Å². The Balaban J connectivity index is 1.96. The standard InChI is InChI=1S/C15H16F2N2O/c1-2-20-15-13(16)8-11(9-14(15)17)10-18-19-12-6-4-3-5-7-12/h3-9,18-19H,2,10H2,1H3. The highest BCUT2D eigenvalue weighted by Crippen LogP contribution is 2.23. The Morgan fingerprint density at radius 2 is 1.70 bits per heavy atom. The van der Waals surface area contributed by atoms with Crippen LogP contribution in [0.3, 0.4) is 0 Å². The molecule has 0 saturated carbocycles. The van der Waals surface area contributed by atoms with Crippen molar-refractivity contribution in [3.8, 4) is 5.75 Å². The van der Waals surface area contributed by atoms with Crippen molar-refractivity contribution in [1.82, 2.24) is 5.43 Å². The number of benzene rings is 2. The number of hydrazine groups is 1. The lowest BCUT2D eigenvalue weighted by molar-refractivity contribution is 0.302. The van der Waals surface area contributed by atoms with Crippen molar-refractivity contribution in [2.45, 2.75) is 13.5 Å². The van der Waals surface area contributed by atoms with Crippen LogP contribution in [0.25, 0.3) is 0 Å². The highest BCUT2D eigenvalue weighted by molar-refractivity contribution is 5.41. The summed E-state index contributed by atoms with van der Waals surface area (Å²) in [5.74, 6) is -1.71. The summed E-state index contributed by atoms with van der Waals surface area (Å²) in [4.78, 5) is 0. The van der Waals surface area contributed by atoms with Crippen LogP contribution >= 0.6 is 0 Å². The maximum Gasteiger partial charge on any atom is 0.190 e. The molecule has 0 bridgehead atoms. The molecule has 5 heteroatoms. The SMILES string of the molecule is CCOc1c(F)cc(CNNc2ccccc2)cc1F. The van der Waals surface area contributed by atoms with Gasteiger partial charge in [-0.25, -0.2) is 14.2 Å². The summed E-state index contributed by atoms with van der Waals surface area (Å²) in [7, 11) is 0. The van der Waals surface area contributed by atoms with Gasteiger partial charge in [-0.15, -0.1) is 0 Å². The van der Waals surface area contributed by atoms with E-state index in [0.717, 1.165) is 5.69 Å². The smallest absolute Gasteiger partial charge is 0.190 e. The van der Waals surface area contributed by atoms with Gasteiger partial charge in [-0.05, 0) is 36.8 Å². The summed E-state index contributed by atoms with van der Waals surface area (Å²) >= 11 is 0. The third-order valence-corrected chi connectivity index (χ3v) is 2.65. The fraction of sp³-hybridized carbons (Fsp3) is 0.200. The molecule has 0 aromatic heterocycles. The Kier molecular flexibility index (Phi) is 4.90. The van der Waals surface area contributed by atoms with Gasteiger partial charge in [-0.2, -0.15) is 0 Å². The third kappa shape index (κ3) is 3.68. The number of anilines is 1. The van der Waals surface area contributed by atoms with E-state index < -0.39 is 11.6 Å². The van der Waals surface area contributed by atoms with Crippen LogP contribution in [0.15, 0.2) is 42.5 Å². The third-order valence-electron chi connectivity index (χ3n) is 2.65. The van der Waals surface area contributed by atoms with Crippen molar-refractivity contribution in [3.63, 3.8) is 0 Å². The normalized spacial score (nSPS) is 10.3. The molecule has 0 aliphatic heterocycles. The predicted octanol–water partition coefficient (Wildman–Crippen LogP) is 3.48. The van der Waals surface area contributed by atoms with Crippen LogP contribution in [-0.4, -0.2) is 6.61 Å². The number of nitrogens with one attached hydrogen (secondary N) is 2. The van der Waals surface area contributed by atoms with Crippen LogP contribution in [0.2, 0.25) is 0 Å². The number of ether oxygens (including phenoxy) is 1. The Bertz CT molecular complexity index is 538. The zero-order valence-corrected chi connectivity index (χ0v) is 11.1. The zero-order valence-electron chi connectivity index (χ0n) is 11.1. The van der Waals surface area contributed by atoms with Crippen molar-refractivity contribution in [2.75, 3.05) is 12.0 Å². The minimum atomic E-state index is -0.691. The van der Waals surface area contributed by atoms with Crippen LogP contribution < -0.4 is 15.6 Å². The second-order valence-electron chi connectivity index (χ2n) is 4.17. The molecule has 3 nitrogen and oxygen atoms in total. The van der Waals surface area contributed by atoms with Crippen LogP contribution in [0.5, 0.6) is 5.75 Å². The molecule has 0 amide bonds. The van der Waals surface area contributed by atoms with Crippen LogP contribution in [0, 0.1) is 11.6 Å². The second kappa shape index (κ2) is 6.86. The van der Waals surface area contributed by atoms with Gasteiger partial charge in [0.1, 0.15) is 0 Å². The van der Waals surface area contributed by atoms with Gasteiger partial charge < -0.3 is 10.2 Å². The molecule has 2 N–H and O–H groups in total. The summed E-state index contributed by atoms with van der Waals surface area (Å²) in [6, 6.07) is 12.0. The van der Waals surface area contributed by atoms with Gasteiger partial charge in [-0.3, -0.25) is 0 Å². The Labute approximate surface area is 116 Å². The topological polar surface area (TPSA) is 33.3 Å². The number of halogens is 2. The summed E-state index contributed by atoms with van der Waals surface area (Å²) in [6.45, 7) is 2.19. The monoisotopic (exact) mass is 278 g/mol. The van der Waals surface area contributed by atoms with Crippen molar-refractivity contribution in [3.05, 3.63) is 59.7 Å². The number of rotatable bonds is 6. The molecule has 2 aromatic carbocycles. The molecule has 2 aromatic rings. The van der Waals surface area contributed by atoms with E-state index in [1.165, 1.54) is 12.1 Å². The first-order valence-electron chi connectivity index (χ1n) is 6.35. The molecule has 2 rings (SSSR count). The lowest BCUT2D eigenvalue weighted by atomic mass is 10.2. The first-order valence-corrected chi connectivity index (χ1v) is 6.35. The van der Waals surface area contributed by atoms with Crippen LogP contribution in [0.1, 0.15) is 12.5 Å². The minimum absolute atomic E-state index is 0.223. The molecule has 0 aliphatic rings. The van der Waals surface area contributed by atoms with Crippen molar-refractivity contribution < 1.29 is 13.5 Å². The van der Waals surface area contributed by atoms with E-state index in [4.69, 9.17) is 4.74 Å². The first-order chi connectivity index (χ1) is 9.70. The molecule has 0 heterocycles. The number of hydrogen-bond acceptors (Lipinski definition) is 3. The summed E-state index contributed by atoms with van der Waals surface area (Å²) in [5.41, 5.74) is 7.21. The van der Waals surface area contributed by atoms with Gasteiger partial charge in [-0.1, -0.05) is 18.2 Å². The lowest BCUT2D eigenvalue weighted by Gasteiger charge is -2.11. The molecular weight excluding hydrogens is 262 g/mol. The fourth-order valence-corrected chi connectivity index (χ4v) is 1.77. The summed E-state index contributed by atoms with van der Waals surface area (Å²) in [6.07, 6.45) is 0. The molecule has 0 spiro atoms. The molecule has 0 fully saturated rings. The Morgan fingerprint density at radius 1 is 1.05 bits per heavy atom. The minimum Gasteiger partial charge on any atom is -0.488 e. The van der Waals surface area contributed by atoms with E-state index >= 15 is 0 Å². The molecule has 0 unspecified atom stereocenters. The largest absolute Gasteiger partial charge is 0.488 e. The molecule has 106 valence electrons. The lowest BCUT2D eigenvalue weighted by Crippen LogP contribution is -2.21. The van der Waals surface area contributed by atoms with Gasteiger partial charge >= 0.3 is 0 Å². The average Bonchev–Trinajstić information content (AvgIpc) is 2.44. The summed E-state index contributed by atoms with van der Waals surface area (Å²) in [5, 5.41) is 0. The van der Waals surface area contributed by atoms with Crippen LogP contribution in [-0.2, 0) is 6.54 Å². The first kappa shape index (κ1) is 14.3. The van der Waals surface area contributed by atoms with E-state index in [9.17, 15) is 8.78 Å². The molecule has 0 saturated heterocycles. The highest BCUT2D eigenvalue weighted by atomic mass is 19.1. The van der Waals surface area contributed by atoms with E-state index in [-0.39, 0.29) is 18.9 Å². The van der Waals surface area contributed by atoms with Gasteiger partial charge in [0.2, 0.25) is 0 Å². The molecule has 0 aliphatic carbocycles. The van der Waals surface area contributed by atoms with E-state index in [1.54, 1.807) is 6.92 Å². The number of hydrogen-bond donors (Lipinski definition) is 2. The highest BCUT2D eigenvalue weighted by Gasteiger charge is 2.11. The van der Waals surface area contributed by atoms with Gasteiger partial charge in [0.25, 0.3) is 0 Å². The Morgan fingerprint density at radius 3 is 2.30 bits per heavy atom. The molecule has 0 atom stereocenters. The maximum absolute atomic E-state index is 13.6. The maximum atomic E-state index is 13.6. The number of para-hydroxylation sites is 1. The second-order valence-corrected chi connectivity index (χ2v) is 4.17. The van der Waals surface area contributed by atoms with Crippen molar-refractivity contribution in [2.24, 2.45) is 0 Å². The van der Waals surface area contributed by atoms with E-state index in [0.29, 0.717) is 5.56 Å². The van der Waals surface area contributed by atoms with Crippen molar-refractivity contribution in [1.29, 1.82) is 0 Å². The predicted molar refractivity (Wildman–Crippen MR) is 74.4 cm³/mol. The molecule has 0 radical (unpaired) electrons. The summed E-state index contributed by atoms with van der Waals surface area (Å²) < 4.78 is 32.2. The van der Waals surface area contributed by atoms with E-state index in [2.05, 4.69) is 10.9 Å². The zero-order chi connectivity index (χ0) is 14.4. The molecule has 20 heavy (non-hydrogen) atoms. The quantitative estimate of drug-likeness (QED) is 0.794. The fourth-order valence-electron chi connectivity index (χ4n) is 1.77. The Hall–Kier alpha value is -2.14. The van der Waals surface area contributed by atoms with Gasteiger partial charge in [0.05, 0.1) is 6.61 Å². The van der Waals surface area contributed by atoms with Crippen LogP contribution in [0.4, 0.5) is 14.5 Å².